The highest BCUT2D eigenvalue weighted by molar-refractivity contribution is 6.35. The lowest BCUT2D eigenvalue weighted by molar-refractivity contribution is 0.102. The molecular weight excluding hydrogens is 316 g/mol. The van der Waals surface area contributed by atoms with Gasteiger partial charge in [0.15, 0.2) is 5.82 Å². The van der Waals surface area contributed by atoms with E-state index in [9.17, 15) is 9.18 Å². The molecule has 0 radical (unpaired) electrons. The van der Waals surface area contributed by atoms with E-state index in [2.05, 4.69) is 15.6 Å². The fourth-order valence-electron chi connectivity index (χ4n) is 1.76. The van der Waals surface area contributed by atoms with Gasteiger partial charge < -0.3 is 10.6 Å². The van der Waals surface area contributed by atoms with E-state index in [1.54, 1.807) is 26.1 Å². The van der Waals surface area contributed by atoms with Crippen molar-refractivity contribution in [2.75, 3.05) is 17.7 Å². The summed E-state index contributed by atoms with van der Waals surface area (Å²) in [6.07, 6.45) is 0. The number of amides is 1. The molecule has 7 heteroatoms. The molecule has 0 unspecified atom stereocenters. The largest absolute Gasteiger partial charge is 0.373 e. The average molecular weight is 328 g/mol. The predicted molar refractivity (Wildman–Crippen MR) is 82.9 cm³/mol. The molecule has 2 N–H and O–H groups in total. The van der Waals surface area contributed by atoms with Gasteiger partial charge in [-0.05, 0) is 31.2 Å². The highest BCUT2D eigenvalue weighted by atomic mass is 35.5. The molecule has 21 heavy (non-hydrogen) atoms. The van der Waals surface area contributed by atoms with Crippen LogP contribution >= 0.6 is 23.2 Å². The molecule has 0 aliphatic heterocycles. The summed E-state index contributed by atoms with van der Waals surface area (Å²) < 4.78 is 13.3. The number of anilines is 2. The van der Waals surface area contributed by atoms with Crippen molar-refractivity contribution >= 4 is 40.6 Å². The van der Waals surface area contributed by atoms with E-state index in [1.807, 2.05) is 0 Å². The van der Waals surface area contributed by atoms with Gasteiger partial charge in [0, 0.05) is 24.0 Å². The molecule has 0 saturated heterocycles. The second-order valence-corrected chi connectivity index (χ2v) is 5.15. The number of carbonyl (C=O) groups excluding carboxylic acids is 1. The molecule has 0 bridgehead atoms. The van der Waals surface area contributed by atoms with Crippen molar-refractivity contribution in [3.8, 4) is 0 Å². The number of nitrogens with one attached hydrogen (secondary N) is 2. The third-order valence-electron chi connectivity index (χ3n) is 2.71. The number of aryl methyl sites for hydroxylation is 1. The minimum absolute atomic E-state index is 0.153. The molecule has 1 aromatic heterocycles. The van der Waals surface area contributed by atoms with E-state index in [0.717, 1.165) is 0 Å². The van der Waals surface area contributed by atoms with Crippen LogP contribution in [-0.2, 0) is 0 Å². The minimum atomic E-state index is -0.714. The normalized spacial score (nSPS) is 10.3. The number of carbonyl (C=O) groups is 1. The zero-order chi connectivity index (χ0) is 15.6. The number of aromatic nitrogens is 1. The van der Waals surface area contributed by atoms with Crippen molar-refractivity contribution in [1.82, 2.24) is 4.98 Å². The summed E-state index contributed by atoms with van der Waals surface area (Å²) in [6.45, 7) is 1.78. The number of rotatable bonds is 3. The second kappa shape index (κ2) is 6.28. The first-order valence-corrected chi connectivity index (χ1v) is 6.78. The molecule has 2 rings (SSSR count). The number of hydrogen-bond acceptors (Lipinski definition) is 3. The fraction of sp³-hybridized carbons (Fsp3) is 0.143. The van der Waals surface area contributed by atoms with E-state index in [0.29, 0.717) is 22.8 Å². The third kappa shape index (κ3) is 3.62. The Balaban J connectivity index is 2.28. The maximum absolute atomic E-state index is 13.3. The van der Waals surface area contributed by atoms with Gasteiger partial charge in [0.25, 0.3) is 5.91 Å². The van der Waals surface area contributed by atoms with Crippen LogP contribution in [0.1, 0.15) is 16.1 Å². The van der Waals surface area contributed by atoms with Gasteiger partial charge in [0.2, 0.25) is 0 Å². The Morgan fingerprint density at radius 1 is 1.19 bits per heavy atom. The van der Waals surface area contributed by atoms with Crippen LogP contribution in [0.15, 0.2) is 24.3 Å². The molecule has 0 spiro atoms. The van der Waals surface area contributed by atoms with Crippen molar-refractivity contribution < 1.29 is 9.18 Å². The first kappa shape index (κ1) is 15.5. The third-order valence-corrected chi connectivity index (χ3v) is 3.26. The van der Waals surface area contributed by atoms with Gasteiger partial charge in [0.05, 0.1) is 10.0 Å². The van der Waals surface area contributed by atoms with Gasteiger partial charge in [0.1, 0.15) is 5.82 Å². The molecule has 1 amide bonds. The Kier molecular flexibility index (Phi) is 4.65. The Morgan fingerprint density at radius 3 is 2.38 bits per heavy atom. The quantitative estimate of drug-likeness (QED) is 0.833. The number of benzene rings is 1. The van der Waals surface area contributed by atoms with Crippen LogP contribution in [0.25, 0.3) is 0 Å². The van der Waals surface area contributed by atoms with Gasteiger partial charge in [-0.1, -0.05) is 23.2 Å². The maximum Gasteiger partial charge on any atom is 0.255 e. The zero-order valence-corrected chi connectivity index (χ0v) is 12.8. The van der Waals surface area contributed by atoms with E-state index >= 15 is 0 Å². The number of hydrogen-bond donors (Lipinski definition) is 2. The Morgan fingerprint density at radius 2 is 1.81 bits per heavy atom. The Hall–Kier alpha value is -1.85. The molecule has 4 nitrogen and oxygen atoms in total. The maximum atomic E-state index is 13.3. The SMILES string of the molecule is CNc1cc(C(=O)Nc2cc(Cl)c(F)c(Cl)c2)cc(C)n1. The first-order valence-electron chi connectivity index (χ1n) is 6.03. The molecular formula is C14H12Cl2FN3O. The van der Waals surface area contributed by atoms with Gasteiger partial charge in [-0.15, -0.1) is 0 Å². The minimum Gasteiger partial charge on any atom is -0.373 e. The summed E-state index contributed by atoms with van der Waals surface area (Å²) in [5, 5.41) is 5.18. The van der Waals surface area contributed by atoms with Crippen LogP contribution in [0.2, 0.25) is 10.0 Å². The van der Waals surface area contributed by atoms with Crippen LogP contribution in [0.3, 0.4) is 0 Å². The molecule has 0 fully saturated rings. The van der Waals surface area contributed by atoms with E-state index in [-0.39, 0.29) is 16.0 Å². The lowest BCUT2D eigenvalue weighted by Gasteiger charge is -2.09. The predicted octanol–water partition coefficient (Wildman–Crippen LogP) is 4.13. The fourth-order valence-corrected chi connectivity index (χ4v) is 2.25. The van der Waals surface area contributed by atoms with Gasteiger partial charge in [-0.3, -0.25) is 4.79 Å². The molecule has 0 saturated carbocycles. The van der Waals surface area contributed by atoms with Crippen molar-refractivity contribution in [3.63, 3.8) is 0 Å². The summed E-state index contributed by atoms with van der Waals surface area (Å²) in [4.78, 5) is 16.4. The van der Waals surface area contributed by atoms with Crippen LogP contribution in [0, 0.1) is 12.7 Å². The van der Waals surface area contributed by atoms with Gasteiger partial charge in [-0.25, -0.2) is 9.37 Å². The average Bonchev–Trinajstić information content (AvgIpc) is 2.43. The zero-order valence-electron chi connectivity index (χ0n) is 11.3. The van der Waals surface area contributed by atoms with E-state index in [4.69, 9.17) is 23.2 Å². The molecule has 1 aromatic carbocycles. The monoisotopic (exact) mass is 327 g/mol. The summed E-state index contributed by atoms with van der Waals surface area (Å²) >= 11 is 11.4. The summed E-state index contributed by atoms with van der Waals surface area (Å²) in [7, 11) is 1.71. The number of nitrogens with zero attached hydrogens (tertiary/aromatic N) is 1. The Labute approximate surface area is 131 Å². The van der Waals surface area contributed by atoms with E-state index in [1.165, 1.54) is 12.1 Å². The molecule has 2 aromatic rings. The van der Waals surface area contributed by atoms with Gasteiger partial charge in [-0.2, -0.15) is 0 Å². The number of halogens is 3. The van der Waals surface area contributed by atoms with Gasteiger partial charge >= 0.3 is 0 Å². The highest BCUT2D eigenvalue weighted by Crippen LogP contribution is 2.27. The van der Waals surface area contributed by atoms with Crippen molar-refractivity contribution in [2.45, 2.75) is 6.92 Å². The highest BCUT2D eigenvalue weighted by Gasteiger charge is 2.12. The standard InChI is InChI=1S/C14H12Cl2FN3O/c1-7-3-8(4-12(18-2)19-7)14(21)20-9-5-10(15)13(17)11(16)6-9/h3-6H,1-2H3,(H,18,19)(H,20,21). The van der Waals surface area contributed by atoms with Crippen LogP contribution in [-0.4, -0.2) is 17.9 Å². The second-order valence-electron chi connectivity index (χ2n) is 4.34. The first-order chi connectivity index (χ1) is 9.90. The topological polar surface area (TPSA) is 54.0 Å². The van der Waals surface area contributed by atoms with Crippen molar-refractivity contribution in [3.05, 3.63) is 51.4 Å². The molecule has 1 heterocycles. The van der Waals surface area contributed by atoms with Crippen molar-refractivity contribution in [2.24, 2.45) is 0 Å². The van der Waals surface area contributed by atoms with Crippen LogP contribution in [0.4, 0.5) is 15.9 Å². The van der Waals surface area contributed by atoms with Crippen molar-refractivity contribution in [1.29, 1.82) is 0 Å². The Bertz CT molecular complexity index is 684. The molecule has 110 valence electrons. The smallest absolute Gasteiger partial charge is 0.255 e. The summed E-state index contributed by atoms with van der Waals surface area (Å²) in [6, 6.07) is 5.85. The lowest BCUT2D eigenvalue weighted by atomic mass is 10.2. The van der Waals surface area contributed by atoms with Crippen LogP contribution < -0.4 is 10.6 Å². The summed E-state index contributed by atoms with van der Waals surface area (Å²) in [5.41, 5.74) is 1.43. The van der Waals surface area contributed by atoms with Crippen LogP contribution in [0.5, 0.6) is 0 Å². The molecule has 0 aliphatic rings. The summed E-state index contributed by atoms with van der Waals surface area (Å²) in [5.74, 6) is -0.500. The lowest BCUT2D eigenvalue weighted by Crippen LogP contribution is -2.13. The number of pyridine rings is 1. The molecule has 0 aliphatic carbocycles. The van der Waals surface area contributed by atoms with E-state index < -0.39 is 5.82 Å². The molecule has 0 atom stereocenters.